The molecule has 3 fully saturated rings. The second-order valence-electron chi connectivity index (χ2n) is 4.32. The van der Waals surface area contributed by atoms with Crippen LogP contribution in [0, 0.1) is 16.2 Å². The molecule has 0 heterocycles. The molecule has 0 amide bonds. The Balaban J connectivity index is 1.96. The standard InChI is InChI=1S/C8H6Cl2O2/c9-4(11)6-1-7(5(10)12)3-8(6,7)2-6/h1-3H2. The van der Waals surface area contributed by atoms with Gasteiger partial charge in [-0.2, -0.15) is 0 Å². The molecule has 0 aromatic heterocycles. The zero-order chi connectivity index (χ0) is 8.78. The summed E-state index contributed by atoms with van der Waals surface area (Å²) < 4.78 is 0. The molecule has 12 heavy (non-hydrogen) atoms. The first kappa shape index (κ1) is 7.34. The van der Waals surface area contributed by atoms with Gasteiger partial charge in [0.25, 0.3) is 0 Å². The minimum Gasteiger partial charge on any atom is -0.281 e. The van der Waals surface area contributed by atoms with E-state index in [9.17, 15) is 9.59 Å². The first-order valence-corrected chi connectivity index (χ1v) is 4.66. The highest BCUT2D eigenvalue weighted by Gasteiger charge is 3.00. The van der Waals surface area contributed by atoms with Crippen molar-refractivity contribution in [1.82, 2.24) is 0 Å². The molecule has 3 aliphatic carbocycles. The third-order valence-corrected chi connectivity index (χ3v) is 4.87. The monoisotopic (exact) mass is 204 g/mol. The predicted octanol–water partition coefficient (Wildman–Crippen LogP) is 1.69. The largest absolute Gasteiger partial charge is 0.281 e. The lowest BCUT2D eigenvalue weighted by Gasteiger charge is -2.28. The van der Waals surface area contributed by atoms with Crippen LogP contribution in [-0.2, 0) is 9.59 Å². The van der Waals surface area contributed by atoms with Gasteiger partial charge in [0.15, 0.2) is 0 Å². The van der Waals surface area contributed by atoms with Gasteiger partial charge in [-0.25, -0.2) is 0 Å². The van der Waals surface area contributed by atoms with Crippen LogP contribution in [0.25, 0.3) is 0 Å². The van der Waals surface area contributed by atoms with Gasteiger partial charge in [-0.1, -0.05) is 0 Å². The average molecular weight is 205 g/mol. The molecule has 3 saturated carbocycles. The molecule has 2 nitrogen and oxygen atoms in total. The van der Waals surface area contributed by atoms with Crippen molar-refractivity contribution < 1.29 is 9.59 Å². The highest BCUT2D eigenvalue weighted by atomic mass is 35.5. The quantitative estimate of drug-likeness (QED) is 0.642. The SMILES string of the molecule is O=C(Cl)C12CC3(C(=O)Cl)CC13C2. The Morgan fingerprint density at radius 3 is 1.50 bits per heavy atom. The summed E-state index contributed by atoms with van der Waals surface area (Å²) in [5, 5.41) is -0.540. The molecule has 0 aromatic carbocycles. The summed E-state index contributed by atoms with van der Waals surface area (Å²) in [6.45, 7) is 0. The first-order valence-electron chi connectivity index (χ1n) is 3.91. The number of hydrogen-bond acceptors (Lipinski definition) is 2. The average Bonchev–Trinajstić information content (AvgIpc) is 2.72. The molecular weight excluding hydrogens is 199 g/mol. The van der Waals surface area contributed by atoms with Gasteiger partial charge in [0.05, 0.1) is 10.8 Å². The summed E-state index contributed by atoms with van der Waals surface area (Å²) in [7, 11) is 0. The number of carbonyl (C=O) groups excluding carboxylic acids is 2. The summed E-state index contributed by atoms with van der Waals surface area (Å²) in [5.41, 5.74) is -0.740. The van der Waals surface area contributed by atoms with E-state index in [0.29, 0.717) is 6.42 Å². The van der Waals surface area contributed by atoms with Crippen molar-refractivity contribution >= 4 is 33.7 Å². The maximum absolute atomic E-state index is 11.0. The van der Waals surface area contributed by atoms with Gasteiger partial charge in [0, 0.05) is 5.41 Å². The fourth-order valence-corrected chi connectivity index (χ4v) is 3.96. The van der Waals surface area contributed by atoms with Gasteiger partial charge < -0.3 is 0 Å². The van der Waals surface area contributed by atoms with Gasteiger partial charge in [0.2, 0.25) is 10.5 Å². The summed E-state index contributed by atoms with van der Waals surface area (Å²) in [5.74, 6) is 0. The fraction of sp³-hybridized carbons (Fsp3) is 0.750. The minimum atomic E-state index is -0.334. The lowest BCUT2D eigenvalue weighted by Crippen LogP contribution is -2.34. The molecule has 0 saturated heterocycles. The Morgan fingerprint density at radius 2 is 1.33 bits per heavy atom. The number of hydrogen-bond donors (Lipinski definition) is 0. The van der Waals surface area contributed by atoms with E-state index in [1.165, 1.54) is 0 Å². The Hall–Kier alpha value is -0.0800. The molecule has 0 bridgehead atoms. The molecule has 1 spiro atoms. The van der Waals surface area contributed by atoms with Crippen molar-refractivity contribution in [3.8, 4) is 0 Å². The van der Waals surface area contributed by atoms with E-state index in [1.807, 2.05) is 0 Å². The van der Waals surface area contributed by atoms with Crippen LogP contribution >= 0.6 is 23.2 Å². The lowest BCUT2D eigenvalue weighted by molar-refractivity contribution is -0.125. The second kappa shape index (κ2) is 1.48. The smallest absolute Gasteiger partial charge is 0.228 e. The van der Waals surface area contributed by atoms with Crippen LogP contribution in [0.4, 0.5) is 0 Å². The molecule has 3 aliphatic rings. The van der Waals surface area contributed by atoms with Crippen LogP contribution in [0.1, 0.15) is 19.3 Å². The lowest BCUT2D eigenvalue weighted by atomic mass is 9.76. The van der Waals surface area contributed by atoms with Gasteiger partial charge >= 0.3 is 0 Å². The third kappa shape index (κ3) is 0.409. The summed E-state index contributed by atoms with van der Waals surface area (Å²) in [6.07, 6.45) is 2.19. The van der Waals surface area contributed by atoms with Crippen molar-refractivity contribution in [1.29, 1.82) is 0 Å². The van der Waals surface area contributed by atoms with Crippen LogP contribution in [0.2, 0.25) is 0 Å². The second-order valence-corrected chi connectivity index (χ2v) is 5.01. The molecule has 0 N–H and O–H groups in total. The van der Waals surface area contributed by atoms with Crippen molar-refractivity contribution in [2.75, 3.05) is 0 Å². The first-order chi connectivity index (χ1) is 5.51. The summed E-state index contributed by atoms with van der Waals surface area (Å²) >= 11 is 10.9. The fourth-order valence-electron chi connectivity index (χ4n) is 3.33. The van der Waals surface area contributed by atoms with E-state index in [0.717, 1.165) is 12.8 Å². The van der Waals surface area contributed by atoms with Gasteiger partial charge in [0.1, 0.15) is 0 Å². The van der Waals surface area contributed by atoms with Crippen LogP contribution < -0.4 is 0 Å². The van der Waals surface area contributed by atoms with Gasteiger partial charge in [-0.15, -0.1) is 0 Å². The Bertz CT molecular complexity index is 306. The van der Waals surface area contributed by atoms with E-state index in [4.69, 9.17) is 23.2 Å². The van der Waals surface area contributed by atoms with Crippen molar-refractivity contribution in [2.45, 2.75) is 19.3 Å². The van der Waals surface area contributed by atoms with Crippen LogP contribution in [-0.4, -0.2) is 10.5 Å². The van der Waals surface area contributed by atoms with Gasteiger partial charge in [-0.05, 0) is 42.5 Å². The molecular formula is C8H6Cl2O2. The Morgan fingerprint density at radius 1 is 0.917 bits per heavy atom. The number of halogens is 2. The highest BCUT2D eigenvalue weighted by molar-refractivity contribution is 6.68. The molecule has 4 heteroatoms. The maximum atomic E-state index is 11.0. The Labute approximate surface area is 79.2 Å². The summed E-state index contributed by atoms with van der Waals surface area (Å²) in [6, 6.07) is 0. The number of rotatable bonds is 2. The zero-order valence-electron chi connectivity index (χ0n) is 6.19. The zero-order valence-corrected chi connectivity index (χ0v) is 7.71. The topological polar surface area (TPSA) is 34.1 Å². The third-order valence-electron chi connectivity index (χ3n) is 4.15. The van der Waals surface area contributed by atoms with E-state index in [2.05, 4.69) is 0 Å². The van der Waals surface area contributed by atoms with Gasteiger partial charge in [-0.3, -0.25) is 9.59 Å². The molecule has 3 rings (SSSR count). The predicted molar refractivity (Wildman–Crippen MR) is 42.9 cm³/mol. The maximum Gasteiger partial charge on any atom is 0.228 e. The van der Waals surface area contributed by atoms with E-state index in [-0.39, 0.29) is 26.7 Å². The van der Waals surface area contributed by atoms with E-state index < -0.39 is 0 Å². The molecule has 0 radical (unpaired) electrons. The van der Waals surface area contributed by atoms with Crippen molar-refractivity contribution in [3.63, 3.8) is 0 Å². The van der Waals surface area contributed by atoms with E-state index >= 15 is 0 Å². The molecule has 0 aliphatic heterocycles. The van der Waals surface area contributed by atoms with Crippen LogP contribution in [0.5, 0.6) is 0 Å². The normalized spacial score (nSPS) is 57.8. The summed E-state index contributed by atoms with van der Waals surface area (Å²) in [4.78, 5) is 22.0. The van der Waals surface area contributed by atoms with Crippen LogP contribution in [0.3, 0.4) is 0 Å². The van der Waals surface area contributed by atoms with E-state index in [1.54, 1.807) is 0 Å². The molecule has 2 atom stereocenters. The number of carbonyl (C=O) groups is 2. The van der Waals surface area contributed by atoms with Crippen molar-refractivity contribution in [2.24, 2.45) is 16.2 Å². The van der Waals surface area contributed by atoms with Crippen molar-refractivity contribution in [3.05, 3.63) is 0 Å². The Kier molecular flexibility index (Phi) is 0.906. The minimum absolute atomic E-state index is 0.0718. The van der Waals surface area contributed by atoms with Crippen LogP contribution in [0.15, 0.2) is 0 Å². The highest BCUT2D eigenvalue weighted by Crippen LogP contribution is 3.01. The molecule has 0 aromatic rings. The molecule has 2 unspecified atom stereocenters. The molecule has 64 valence electrons.